The van der Waals surface area contributed by atoms with Crippen molar-refractivity contribution in [2.75, 3.05) is 19.5 Å². The first-order valence-corrected chi connectivity index (χ1v) is 6.81. The van der Waals surface area contributed by atoms with Crippen molar-refractivity contribution in [2.24, 2.45) is 0 Å². The van der Waals surface area contributed by atoms with E-state index in [1.54, 1.807) is 20.4 Å². The number of nitrogens with one attached hydrogen (secondary N) is 1. The minimum absolute atomic E-state index is 0.0195. The summed E-state index contributed by atoms with van der Waals surface area (Å²) in [7, 11) is 3.26. The van der Waals surface area contributed by atoms with E-state index in [-0.39, 0.29) is 12.3 Å². The van der Waals surface area contributed by atoms with Crippen molar-refractivity contribution in [1.29, 1.82) is 0 Å². The number of hydrogen-bond donors (Lipinski definition) is 1. The number of benzene rings is 1. The van der Waals surface area contributed by atoms with E-state index in [0.717, 1.165) is 21.1 Å². The van der Waals surface area contributed by atoms with Crippen molar-refractivity contribution in [1.82, 2.24) is 4.98 Å². The summed E-state index contributed by atoms with van der Waals surface area (Å²) in [6.07, 6.45) is 1.49. The zero-order valence-electron chi connectivity index (χ0n) is 11.2. The Morgan fingerprint density at radius 1 is 1.26 bits per heavy atom. The summed E-state index contributed by atoms with van der Waals surface area (Å²) in [6, 6.07) is 8.10. The molecular formula is C14H17BrN2O2. The van der Waals surface area contributed by atoms with Crippen LogP contribution in [0.25, 0.3) is 10.9 Å². The van der Waals surface area contributed by atoms with E-state index in [0.29, 0.717) is 0 Å². The molecule has 1 unspecified atom stereocenters. The van der Waals surface area contributed by atoms with E-state index in [1.807, 2.05) is 31.2 Å². The molecular weight excluding hydrogens is 308 g/mol. The van der Waals surface area contributed by atoms with Gasteiger partial charge in [0.15, 0.2) is 6.29 Å². The number of pyridine rings is 1. The number of hydrogen-bond acceptors (Lipinski definition) is 4. The van der Waals surface area contributed by atoms with Crippen LogP contribution >= 0.6 is 15.9 Å². The lowest BCUT2D eigenvalue weighted by Crippen LogP contribution is -2.33. The highest BCUT2D eigenvalue weighted by atomic mass is 79.9. The molecule has 0 aliphatic heterocycles. The Morgan fingerprint density at radius 3 is 2.68 bits per heavy atom. The largest absolute Gasteiger partial charge is 0.376 e. The van der Waals surface area contributed by atoms with Gasteiger partial charge in [-0.15, -0.1) is 0 Å². The molecule has 102 valence electrons. The van der Waals surface area contributed by atoms with E-state index >= 15 is 0 Å². The standard InChI is InChI=1S/C14H17BrN2O2/c1-9(14(18-2)19-3)17-12-6-4-5-10-7-11(15)8-16-13(10)12/h4-9,14,17H,1-3H3. The van der Waals surface area contributed by atoms with Gasteiger partial charge in [0.05, 0.1) is 17.2 Å². The average Bonchev–Trinajstić information content (AvgIpc) is 2.40. The topological polar surface area (TPSA) is 43.4 Å². The van der Waals surface area contributed by atoms with Gasteiger partial charge in [-0.2, -0.15) is 0 Å². The lowest BCUT2D eigenvalue weighted by molar-refractivity contribution is -0.109. The number of methoxy groups -OCH3 is 2. The first kappa shape index (κ1) is 14.2. The van der Waals surface area contributed by atoms with Crippen molar-refractivity contribution < 1.29 is 9.47 Å². The van der Waals surface area contributed by atoms with Gasteiger partial charge >= 0.3 is 0 Å². The molecule has 4 nitrogen and oxygen atoms in total. The first-order chi connectivity index (χ1) is 9.15. The van der Waals surface area contributed by atoms with Gasteiger partial charge in [-0.3, -0.25) is 4.98 Å². The maximum Gasteiger partial charge on any atom is 0.176 e. The summed E-state index contributed by atoms with van der Waals surface area (Å²) >= 11 is 3.43. The highest BCUT2D eigenvalue weighted by molar-refractivity contribution is 9.10. The number of halogens is 1. The predicted octanol–water partition coefficient (Wildman–Crippen LogP) is 3.42. The quantitative estimate of drug-likeness (QED) is 0.856. The lowest BCUT2D eigenvalue weighted by atomic mass is 10.1. The van der Waals surface area contributed by atoms with Crippen LogP contribution in [0.5, 0.6) is 0 Å². The molecule has 1 heterocycles. The molecule has 0 bridgehead atoms. The van der Waals surface area contributed by atoms with Gasteiger partial charge in [0.1, 0.15) is 0 Å². The fourth-order valence-corrected chi connectivity index (χ4v) is 2.42. The molecule has 1 atom stereocenters. The molecule has 0 radical (unpaired) electrons. The zero-order valence-corrected chi connectivity index (χ0v) is 12.8. The van der Waals surface area contributed by atoms with Gasteiger partial charge in [-0.25, -0.2) is 0 Å². The maximum atomic E-state index is 5.25. The highest BCUT2D eigenvalue weighted by Gasteiger charge is 2.16. The molecule has 2 aromatic rings. The van der Waals surface area contributed by atoms with Gasteiger partial charge < -0.3 is 14.8 Å². The van der Waals surface area contributed by atoms with E-state index in [9.17, 15) is 0 Å². The smallest absolute Gasteiger partial charge is 0.176 e. The molecule has 1 aromatic carbocycles. The fourth-order valence-electron chi connectivity index (χ4n) is 2.07. The summed E-state index contributed by atoms with van der Waals surface area (Å²) in [6.45, 7) is 2.01. The molecule has 19 heavy (non-hydrogen) atoms. The van der Waals surface area contributed by atoms with Crippen LogP contribution in [0.15, 0.2) is 34.9 Å². The van der Waals surface area contributed by atoms with Crippen LogP contribution in [0.2, 0.25) is 0 Å². The number of anilines is 1. The van der Waals surface area contributed by atoms with Gasteiger partial charge in [-0.05, 0) is 35.0 Å². The SMILES string of the molecule is COC(OC)C(C)Nc1cccc2cc(Br)cnc12. The summed E-state index contributed by atoms with van der Waals surface area (Å²) in [5.41, 5.74) is 1.90. The average molecular weight is 325 g/mol. The maximum absolute atomic E-state index is 5.25. The van der Waals surface area contributed by atoms with Gasteiger partial charge in [0.25, 0.3) is 0 Å². The molecule has 0 aliphatic rings. The summed E-state index contributed by atoms with van der Waals surface area (Å²) in [5.74, 6) is 0. The normalized spacial score (nSPS) is 12.9. The number of nitrogens with zero attached hydrogens (tertiary/aromatic N) is 1. The number of rotatable bonds is 5. The van der Waals surface area contributed by atoms with Crippen molar-refractivity contribution in [3.63, 3.8) is 0 Å². The number of ether oxygens (including phenoxy) is 2. The van der Waals surface area contributed by atoms with Crippen molar-refractivity contribution in [3.8, 4) is 0 Å². The number of para-hydroxylation sites is 1. The Labute approximate surface area is 121 Å². The van der Waals surface area contributed by atoms with Crippen LogP contribution in [0, 0.1) is 0 Å². The van der Waals surface area contributed by atoms with E-state index in [4.69, 9.17) is 9.47 Å². The second-order valence-electron chi connectivity index (χ2n) is 4.30. The molecule has 0 saturated carbocycles. The molecule has 1 aromatic heterocycles. The lowest BCUT2D eigenvalue weighted by Gasteiger charge is -2.23. The van der Waals surface area contributed by atoms with Crippen LogP contribution in [0.3, 0.4) is 0 Å². The van der Waals surface area contributed by atoms with Crippen LogP contribution in [0.4, 0.5) is 5.69 Å². The number of aromatic nitrogens is 1. The van der Waals surface area contributed by atoms with Gasteiger partial charge in [0.2, 0.25) is 0 Å². The van der Waals surface area contributed by atoms with Gasteiger partial charge in [0, 0.05) is 30.3 Å². The van der Waals surface area contributed by atoms with Crippen LogP contribution in [-0.2, 0) is 9.47 Å². The molecule has 0 amide bonds. The van der Waals surface area contributed by atoms with Crippen LogP contribution < -0.4 is 5.32 Å². The first-order valence-electron chi connectivity index (χ1n) is 6.02. The summed E-state index contributed by atoms with van der Waals surface area (Å²) in [5, 5.41) is 4.46. The Morgan fingerprint density at radius 2 is 2.00 bits per heavy atom. The second-order valence-corrected chi connectivity index (χ2v) is 5.22. The third-order valence-electron chi connectivity index (χ3n) is 2.93. The molecule has 1 N–H and O–H groups in total. The summed E-state index contributed by atoms with van der Waals surface area (Å²) in [4.78, 5) is 4.45. The van der Waals surface area contributed by atoms with E-state index in [1.165, 1.54) is 0 Å². The Bertz CT molecular complexity index is 558. The Kier molecular flexibility index (Phi) is 4.74. The monoisotopic (exact) mass is 324 g/mol. The molecule has 5 heteroatoms. The molecule has 2 rings (SSSR count). The zero-order chi connectivity index (χ0) is 13.8. The van der Waals surface area contributed by atoms with Crippen LogP contribution in [0.1, 0.15) is 6.92 Å². The third kappa shape index (κ3) is 3.23. The predicted molar refractivity (Wildman–Crippen MR) is 80.3 cm³/mol. The van der Waals surface area contributed by atoms with Crippen molar-refractivity contribution in [3.05, 3.63) is 34.9 Å². The third-order valence-corrected chi connectivity index (χ3v) is 3.37. The van der Waals surface area contributed by atoms with Crippen molar-refractivity contribution >= 4 is 32.5 Å². The summed E-state index contributed by atoms with van der Waals surface area (Å²) < 4.78 is 11.5. The minimum Gasteiger partial charge on any atom is -0.376 e. The Balaban J connectivity index is 2.30. The fraction of sp³-hybridized carbons (Fsp3) is 0.357. The minimum atomic E-state index is -0.300. The van der Waals surface area contributed by atoms with Crippen molar-refractivity contribution in [2.45, 2.75) is 19.3 Å². The second kappa shape index (κ2) is 6.32. The highest BCUT2D eigenvalue weighted by Crippen LogP contribution is 2.24. The van der Waals surface area contributed by atoms with E-state index < -0.39 is 0 Å². The molecule has 0 aliphatic carbocycles. The van der Waals surface area contributed by atoms with E-state index in [2.05, 4.69) is 26.2 Å². The molecule has 0 fully saturated rings. The molecule has 0 saturated heterocycles. The number of fused-ring (bicyclic) bond motifs is 1. The molecule has 0 spiro atoms. The Hall–Kier alpha value is -1.17. The van der Waals surface area contributed by atoms with Gasteiger partial charge in [-0.1, -0.05) is 12.1 Å². The van der Waals surface area contributed by atoms with Crippen LogP contribution in [-0.4, -0.2) is 31.5 Å².